The van der Waals surface area contributed by atoms with Gasteiger partial charge in [-0.15, -0.1) is 11.3 Å². The minimum Gasteiger partial charge on any atom is -0.369 e. The summed E-state index contributed by atoms with van der Waals surface area (Å²) in [4.78, 5) is 3.57. The maximum absolute atomic E-state index is 5.39. The molecule has 0 unspecified atom stereocenters. The van der Waals surface area contributed by atoms with E-state index in [1.54, 1.807) is 11.3 Å². The van der Waals surface area contributed by atoms with E-state index in [4.69, 9.17) is 5.73 Å². The number of nitrogens with two attached hydrogens (primary N) is 1. The molecule has 0 bridgehead atoms. The first-order valence-corrected chi connectivity index (χ1v) is 7.67. The van der Waals surface area contributed by atoms with Crippen LogP contribution < -0.4 is 10.6 Å². The largest absolute Gasteiger partial charge is 0.369 e. The Morgan fingerprint density at radius 2 is 2.00 bits per heavy atom. The number of hydrogen-bond donors (Lipinski definition) is 1. The molecule has 1 aromatic carbocycles. The number of hydrogen-bond acceptors (Lipinski definition) is 3. The van der Waals surface area contributed by atoms with Crippen LogP contribution in [0, 0.1) is 11.8 Å². The van der Waals surface area contributed by atoms with E-state index in [2.05, 4.69) is 66.4 Å². The Balaban J connectivity index is 2.02. The summed E-state index contributed by atoms with van der Waals surface area (Å²) in [6.45, 7) is 3.49. The summed E-state index contributed by atoms with van der Waals surface area (Å²) in [6.07, 6.45) is 1.08. The van der Waals surface area contributed by atoms with Crippen molar-refractivity contribution in [2.45, 2.75) is 19.9 Å². The molecule has 0 atom stereocenters. The van der Waals surface area contributed by atoms with Crippen LogP contribution in [0.4, 0.5) is 5.69 Å². The topological polar surface area (TPSA) is 29.3 Å². The molecule has 0 fully saturated rings. The van der Waals surface area contributed by atoms with Crippen molar-refractivity contribution in [3.63, 3.8) is 0 Å². The number of rotatable bonds is 4. The maximum atomic E-state index is 5.39. The van der Waals surface area contributed by atoms with Gasteiger partial charge in [0.2, 0.25) is 0 Å². The van der Waals surface area contributed by atoms with Crippen LogP contribution in [0.25, 0.3) is 0 Å². The van der Waals surface area contributed by atoms with Crippen LogP contribution in [0.15, 0.2) is 35.7 Å². The fraction of sp³-hybridized carbons (Fsp3) is 0.294. The van der Waals surface area contributed by atoms with Crippen LogP contribution in [0.1, 0.15) is 22.9 Å². The van der Waals surface area contributed by atoms with Crippen molar-refractivity contribution in [1.29, 1.82) is 0 Å². The Hall–Kier alpha value is -1.76. The standard InChI is InChI=1S/C17H20N2S/c1-3-14-6-8-16(9-7-14)19(2)12-17-11-15(13-20-17)5-4-10-18/h6-9,11,13H,3,10,12,18H2,1-2H3. The monoisotopic (exact) mass is 284 g/mol. The van der Waals surface area contributed by atoms with E-state index in [0.717, 1.165) is 18.5 Å². The molecule has 0 amide bonds. The lowest BCUT2D eigenvalue weighted by Gasteiger charge is -2.18. The molecule has 1 aromatic heterocycles. The van der Waals surface area contributed by atoms with Gasteiger partial charge >= 0.3 is 0 Å². The summed E-state index contributed by atoms with van der Waals surface area (Å²) in [5.74, 6) is 5.96. The van der Waals surface area contributed by atoms with Gasteiger partial charge in [-0.3, -0.25) is 0 Å². The summed E-state index contributed by atoms with van der Waals surface area (Å²) in [7, 11) is 2.12. The van der Waals surface area contributed by atoms with E-state index in [-0.39, 0.29) is 0 Å². The van der Waals surface area contributed by atoms with Crippen LogP contribution in [0.2, 0.25) is 0 Å². The number of anilines is 1. The van der Waals surface area contributed by atoms with E-state index in [0.29, 0.717) is 6.54 Å². The van der Waals surface area contributed by atoms with Crippen molar-refractivity contribution in [3.05, 3.63) is 51.7 Å². The van der Waals surface area contributed by atoms with Crippen molar-refractivity contribution >= 4 is 17.0 Å². The molecule has 0 spiro atoms. The van der Waals surface area contributed by atoms with Gasteiger partial charge in [0.25, 0.3) is 0 Å². The Bertz CT molecular complexity index is 602. The molecular weight excluding hydrogens is 264 g/mol. The minimum atomic E-state index is 0.412. The van der Waals surface area contributed by atoms with Crippen LogP contribution in [0.5, 0.6) is 0 Å². The van der Waals surface area contributed by atoms with Gasteiger partial charge in [0.1, 0.15) is 0 Å². The normalized spacial score (nSPS) is 9.95. The van der Waals surface area contributed by atoms with Gasteiger partial charge in [-0.25, -0.2) is 0 Å². The second-order valence-corrected chi connectivity index (χ2v) is 5.68. The molecular formula is C17H20N2S. The molecule has 2 N–H and O–H groups in total. The second-order valence-electron chi connectivity index (χ2n) is 4.68. The first-order chi connectivity index (χ1) is 9.72. The smallest absolute Gasteiger partial charge is 0.0555 e. The minimum absolute atomic E-state index is 0.412. The quantitative estimate of drug-likeness (QED) is 0.873. The molecule has 0 aliphatic carbocycles. The summed E-state index contributed by atoms with van der Waals surface area (Å²) in [5, 5.41) is 2.09. The molecule has 2 nitrogen and oxygen atoms in total. The average Bonchev–Trinajstić information content (AvgIpc) is 2.92. The Kier molecular flexibility index (Phi) is 5.23. The van der Waals surface area contributed by atoms with E-state index in [9.17, 15) is 0 Å². The highest BCUT2D eigenvalue weighted by molar-refractivity contribution is 7.10. The summed E-state index contributed by atoms with van der Waals surface area (Å²) >= 11 is 1.75. The molecule has 0 radical (unpaired) electrons. The van der Waals surface area contributed by atoms with Gasteiger partial charge in [0.05, 0.1) is 13.1 Å². The molecule has 2 aromatic rings. The number of nitrogens with zero attached hydrogens (tertiary/aromatic N) is 1. The van der Waals surface area contributed by atoms with Crippen molar-refractivity contribution in [1.82, 2.24) is 0 Å². The van der Waals surface area contributed by atoms with E-state index >= 15 is 0 Å². The first kappa shape index (κ1) is 14.6. The first-order valence-electron chi connectivity index (χ1n) is 6.79. The van der Waals surface area contributed by atoms with E-state index in [1.165, 1.54) is 16.1 Å². The molecule has 2 rings (SSSR count). The summed E-state index contributed by atoms with van der Waals surface area (Å²) < 4.78 is 0. The van der Waals surface area contributed by atoms with Crippen molar-refractivity contribution in [2.75, 3.05) is 18.5 Å². The Labute approximate surface area is 125 Å². The highest BCUT2D eigenvalue weighted by Gasteiger charge is 2.04. The average molecular weight is 284 g/mol. The van der Waals surface area contributed by atoms with E-state index in [1.807, 2.05) is 0 Å². The van der Waals surface area contributed by atoms with E-state index < -0.39 is 0 Å². The highest BCUT2D eigenvalue weighted by atomic mass is 32.1. The summed E-state index contributed by atoms with van der Waals surface area (Å²) in [5.41, 5.74) is 9.06. The summed E-state index contributed by atoms with van der Waals surface area (Å²) in [6, 6.07) is 10.9. The van der Waals surface area contributed by atoms with Crippen LogP contribution in [-0.4, -0.2) is 13.6 Å². The van der Waals surface area contributed by atoms with Gasteiger partial charge < -0.3 is 10.6 Å². The highest BCUT2D eigenvalue weighted by Crippen LogP contribution is 2.20. The number of thiophene rings is 1. The molecule has 0 saturated carbocycles. The van der Waals surface area contributed by atoms with Gasteiger partial charge in [-0.05, 0) is 30.2 Å². The van der Waals surface area contributed by atoms with Crippen LogP contribution in [0.3, 0.4) is 0 Å². The van der Waals surface area contributed by atoms with Gasteiger partial charge in [-0.2, -0.15) is 0 Å². The Morgan fingerprint density at radius 1 is 1.25 bits per heavy atom. The van der Waals surface area contributed by atoms with Crippen molar-refractivity contribution in [2.24, 2.45) is 5.73 Å². The molecule has 0 saturated heterocycles. The molecule has 104 valence electrons. The number of benzene rings is 1. The Morgan fingerprint density at radius 3 is 2.65 bits per heavy atom. The van der Waals surface area contributed by atoms with Gasteiger partial charge in [0.15, 0.2) is 0 Å². The fourth-order valence-electron chi connectivity index (χ4n) is 1.99. The third-order valence-corrected chi connectivity index (χ3v) is 4.09. The molecule has 1 heterocycles. The van der Waals surface area contributed by atoms with Crippen molar-refractivity contribution < 1.29 is 0 Å². The lowest BCUT2D eigenvalue weighted by molar-refractivity contribution is 0.938. The second kappa shape index (κ2) is 7.14. The zero-order valence-electron chi connectivity index (χ0n) is 12.0. The molecule has 20 heavy (non-hydrogen) atoms. The SMILES string of the molecule is CCc1ccc(N(C)Cc2cc(C#CCN)cs2)cc1. The molecule has 3 heteroatoms. The zero-order valence-corrected chi connectivity index (χ0v) is 12.8. The third-order valence-electron chi connectivity index (χ3n) is 3.17. The van der Waals surface area contributed by atoms with Gasteiger partial charge in [-0.1, -0.05) is 30.9 Å². The molecule has 0 aliphatic heterocycles. The lowest BCUT2D eigenvalue weighted by Crippen LogP contribution is -2.15. The van der Waals surface area contributed by atoms with Crippen molar-refractivity contribution in [3.8, 4) is 11.8 Å². The van der Waals surface area contributed by atoms with Crippen LogP contribution >= 0.6 is 11.3 Å². The zero-order chi connectivity index (χ0) is 14.4. The van der Waals surface area contributed by atoms with Crippen LogP contribution in [-0.2, 0) is 13.0 Å². The number of aryl methyl sites for hydroxylation is 1. The fourth-order valence-corrected chi connectivity index (χ4v) is 2.86. The predicted octanol–water partition coefficient (Wildman–Crippen LogP) is 3.26. The third kappa shape index (κ3) is 3.86. The predicted molar refractivity (Wildman–Crippen MR) is 88.2 cm³/mol. The van der Waals surface area contributed by atoms with Gasteiger partial charge in [0, 0.05) is 28.6 Å². The maximum Gasteiger partial charge on any atom is 0.0555 e. The molecule has 0 aliphatic rings. The lowest BCUT2D eigenvalue weighted by atomic mass is 10.1.